The van der Waals surface area contributed by atoms with Gasteiger partial charge in [0.15, 0.2) is 11.6 Å². The van der Waals surface area contributed by atoms with Crippen LogP contribution in [-0.2, 0) is 0 Å². The van der Waals surface area contributed by atoms with Crippen molar-refractivity contribution in [1.82, 2.24) is 0 Å². The van der Waals surface area contributed by atoms with Crippen molar-refractivity contribution in [1.29, 1.82) is 0 Å². The van der Waals surface area contributed by atoms with Crippen LogP contribution in [-0.4, -0.2) is 16.3 Å². The second-order valence-corrected chi connectivity index (χ2v) is 1.94. The number of carboxylic acid groups (broad SMARTS) is 1. The van der Waals surface area contributed by atoms with E-state index in [1.165, 1.54) is 0 Å². The topological polar surface area (TPSA) is 83.6 Å². The molecule has 0 atom stereocenters. The predicted octanol–water partition coefficient (Wildman–Crippen LogP) is 1.29. The summed E-state index contributed by atoms with van der Waals surface area (Å²) in [6.45, 7) is 0. The summed E-state index contributed by atoms with van der Waals surface area (Å²) in [6.07, 6.45) is -1.33. The summed E-state index contributed by atoms with van der Waals surface area (Å²) < 4.78 is 24.1. The van der Waals surface area contributed by atoms with Crippen LogP contribution in [0, 0.1) is 11.6 Å². The van der Waals surface area contributed by atoms with Crippen LogP contribution in [0.3, 0.4) is 0 Å². The fourth-order valence-electron chi connectivity index (χ4n) is 0.485. The van der Waals surface area contributed by atoms with Crippen LogP contribution in [0.15, 0.2) is 18.2 Å². The first-order chi connectivity index (χ1) is 5.93. The Hall–Kier alpha value is -1.85. The first-order valence-electron chi connectivity index (χ1n) is 3.06. The molecule has 6 heteroatoms. The van der Waals surface area contributed by atoms with Gasteiger partial charge in [-0.05, 0) is 12.1 Å². The molecule has 1 rings (SSSR count). The van der Waals surface area contributed by atoms with Crippen LogP contribution in [0.1, 0.15) is 0 Å². The highest BCUT2D eigenvalue weighted by molar-refractivity contribution is 5.61. The van der Waals surface area contributed by atoms with E-state index in [1.54, 1.807) is 0 Å². The van der Waals surface area contributed by atoms with Crippen molar-refractivity contribution in [3.63, 3.8) is 0 Å². The molecular weight excluding hydrogens is 184 g/mol. The van der Waals surface area contributed by atoms with Crippen molar-refractivity contribution >= 4 is 6.09 Å². The number of benzene rings is 1. The smallest absolute Gasteiger partial charge is 0.402 e. The molecule has 1 aromatic rings. The van der Waals surface area contributed by atoms with Crippen LogP contribution >= 0.6 is 0 Å². The van der Waals surface area contributed by atoms with E-state index < -0.39 is 17.7 Å². The Morgan fingerprint density at radius 3 is 2.08 bits per heavy atom. The highest BCUT2D eigenvalue weighted by Gasteiger charge is 1.99. The van der Waals surface area contributed by atoms with Crippen molar-refractivity contribution in [3.8, 4) is 5.75 Å². The molecule has 72 valence electrons. The summed E-state index contributed by atoms with van der Waals surface area (Å²) in [6, 6.07) is 2.67. The van der Waals surface area contributed by atoms with E-state index in [1.807, 2.05) is 0 Å². The Kier molecular flexibility index (Phi) is 4.21. The zero-order chi connectivity index (χ0) is 10.4. The molecule has 0 aliphatic rings. The first kappa shape index (κ1) is 11.2. The minimum Gasteiger partial charge on any atom is -0.508 e. The van der Waals surface area contributed by atoms with Crippen molar-refractivity contribution in [2.45, 2.75) is 0 Å². The Bertz CT molecular complexity index is 300. The van der Waals surface area contributed by atoms with E-state index in [0.717, 1.165) is 18.2 Å². The number of carbonyl (C=O) groups is 1. The molecule has 0 saturated carbocycles. The minimum absolute atomic E-state index is 0.270. The first-order valence-corrected chi connectivity index (χ1v) is 3.06. The highest BCUT2D eigenvalue weighted by atomic mass is 19.2. The normalized spacial score (nSPS) is 8.46. The van der Waals surface area contributed by atoms with Crippen LogP contribution in [0.4, 0.5) is 13.6 Å². The van der Waals surface area contributed by atoms with Gasteiger partial charge in [-0.2, -0.15) is 0 Å². The summed E-state index contributed by atoms with van der Waals surface area (Å²) in [5.41, 5.74) is 4.03. The van der Waals surface area contributed by atoms with Crippen LogP contribution in [0.5, 0.6) is 5.75 Å². The van der Waals surface area contributed by atoms with Gasteiger partial charge in [-0.15, -0.1) is 0 Å². The third-order valence-corrected chi connectivity index (χ3v) is 0.903. The standard InChI is InChI=1S/C6H4F2O.CH3NO2/c7-5-2-1-4(9)3-6(5)8;2-1(3)4/h1-3,9H;2H2,(H,3,4). The lowest BCUT2D eigenvalue weighted by molar-refractivity contribution is 0.205. The van der Waals surface area contributed by atoms with Gasteiger partial charge in [0.2, 0.25) is 0 Å². The van der Waals surface area contributed by atoms with Gasteiger partial charge in [-0.1, -0.05) is 0 Å². The second kappa shape index (κ2) is 4.91. The molecule has 0 unspecified atom stereocenters. The van der Waals surface area contributed by atoms with Crippen LogP contribution in [0.2, 0.25) is 0 Å². The number of nitrogens with two attached hydrogens (primary N) is 1. The molecule has 1 aromatic carbocycles. The third kappa shape index (κ3) is 5.42. The Labute approximate surface area is 72.2 Å². The molecule has 0 aromatic heterocycles. The van der Waals surface area contributed by atoms with Crippen molar-refractivity contribution in [2.24, 2.45) is 5.73 Å². The Morgan fingerprint density at radius 1 is 1.31 bits per heavy atom. The molecule has 4 N–H and O–H groups in total. The monoisotopic (exact) mass is 191 g/mol. The van der Waals surface area contributed by atoms with Crippen LogP contribution < -0.4 is 5.73 Å². The fourth-order valence-corrected chi connectivity index (χ4v) is 0.485. The summed E-state index contributed by atoms with van der Waals surface area (Å²) in [4.78, 5) is 8.78. The maximum Gasteiger partial charge on any atom is 0.402 e. The number of amides is 1. The summed E-state index contributed by atoms with van der Waals surface area (Å²) in [5.74, 6) is -2.25. The minimum atomic E-state index is -1.33. The molecule has 0 spiro atoms. The number of halogens is 2. The predicted molar refractivity (Wildman–Crippen MR) is 40.2 cm³/mol. The highest BCUT2D eigenvalue weighted by Crippen LogP contribution is 2.12. The van der Waals surface area contributed by atoms with E-state index in [-0.39, 0.29) is 5.75 Å². The SMILES string of the molecule is NC(=O)O.Oc1ccc(F)c(F)c1. The molecule has 0 saturated heterocycles. The van der Waals surface area contributed by atoms with Gasteiger partial charge in [-0.25, -0.2) is 13.6 Å². The fraction of sp³-hybridized carbons (Fsp3) is 0. The van der Waals surface area contributed by atoms with Crippen LogP contribution in [0.25, 0.3) is 0 Å². The average molecular weight is 191 g/mol. The van der Waals surface area contributed by atoms with Crippen molar-refractivity contribution in [2.75, 3.05) is 0 Å². The van der Waals surface area contributed by atoms with Gasteiger partial charge in [0.1, 0.15) is 5.75 Å². The number of hydrogen-bond donors (Lipinski definition) is 3. The largest absolute Gasteiger partial charge is 0.508 e. The van der Waals surface area contributed by atoms with E-state index in [0.29, 0.717) is 0 Å². The molecule has 0 radical (unpaired) electrons. The number of phenolic OH excluding ortho intramolecular Hbond substituents is 1. The maximum atomic E-state index is 12.0. The lowest BCUT2D eigenvalue weighted by Gasteiger charge is -1.90. The number of phenols is 1. The van der Waals surface area contributed by atoms with Gasteiger partial charge in [0.05, 0.1) is 0 Å². The molecule has 0 heterocycles. The quantitative estimate of drug-likeness (QED) is 0.577. The molecule has 0 bridgehead atoms. The van der Waals surface area contributed by atoms with Crippen molar-refractivity contribution < 1.29 is 23.8 Å². The van der Waals surface area contributed by atoms with Crippen molar-refractivity contribution in [3.05, 3.63) is 29.8 Å². The zero-order valence-electron chi connectivity index (χ0n) is 6.37. The molecular formula is C7H7F2NO3. The van der Waals surface area contributed by atoms with Gasteiger partial charge < -0.3 is 15.9 Å². The van der Waals surface area contributed by atoms with Gasteiger partial charge in [0.25, 0.3) is 0 Å². The summed E-state index contributed by atoms with van der Waals surface area (Å²) in [7, 11) is 0. The van der Waals surface area contributed by atoms with Gasteiger partial charge >= 0.3 is 6.09 Å². The maximum absolute atomic E-state index is 12.0. The van der Waals surface area contributed by atoms with E-state index in [2.05, 4.69) is 5.73 Å². The number of primary amides is 1. The summed E-state index contributed by atoms with van der Waals surface area (Å²) >= 11 is 0. The molecule has 1 amide bonds. The van der Waals surface area contributed by atoms with E-state index in [4.69, 9.17) is 15.0 Å². The molecule has 0 aliphatic carbocycles. The third-order valence-electron chi connectivity index (χ3n) is 0.903. The summed E-state index contributed by atoms with van der Waals surface area (Å²) in [5, 5.41) is 15.7. The van der Waals surface area contributed by atoms with Gasteiger partial charge in [0, 0.05) is 6.07 Å². The Morgan fingerprint density at radius 2 is 1.77 bits per heavy atom. The number of rotatable bonds is 0. The van der Waals surface area contributed by atoms with E-state index >= 15 is 0 Å². The second-order valence-electron chi connectivity index (χ2n) is 1.94. The number of hydrogen-bond acceptors (Lipinski definition) is 2. The zero-order valence-corrected chi connectivity index (χ0v) is 6.37. The molecule has 13 heavy (non-hydrogen) atoms. The van der Waals surface area contributed by atoms with Gasteiger partial charge in [-0.3, -0.25) is 0 Å². The molecule has 0 fully saturated rings. The Balaban J connectivity index is 0.000000310. The molecule has 4 nitrogen and oxygen atoms in total. The lowest BCUT2D eigenvalue weighted by Crippen LogP contribution is -2.03. The lowest BCUT2D eigenvalue weighted by atomic mass is 10.3. The van der Waals surface area contributed by atoms with E-state index in [9.17, 15) is 8.78 Å². The number of aromatic hydroxyl groups is 1. The average Bonchev–Trinajstić information content (AvgIpc) is 1.96. The molecule has 0 aliphatic heterocycles.